The first kappa shape index (κ1) is 15.5. The highest BCUT2D eigenvalue weighted by Gasteiger charge is 2.10. The lowest BCUT2D eigenvalue weighted by Crippen LogP contribution is -2.35. The number of ether oxygens (including phenoxy) is 1. The second-order valence-electron chi connectivity index (χ2n) is 6.14. The van der Waals surface area contributed by atoms with Gasteiger partial charge in [0.05, 0.1) is 0 Å². The normalized spacial score (nSPS) is 11.7. The van der Waals surface area contributed by atoms with E-state index in [4.69, 9.17) is 4.74 Å². The van der Waals surface area contributed by atoms with E-state index in [0.717, 1.165) is 11.4 Å². The summed E-state index contributed by atoms with van der Waals surface area (Å²) in [7, 11) is 1.90. The van der Waals surface area contributed by atoms with Crippen molar-refractivity contribution in [2.24, 2.45) is 7.05 Å². The van der Waals surface area contributed by atoms with Crippen LogP contribution in [0.2, 0.25) is 0 Å². The van der Waals surface area contributed by atoms with E-state index in [-0.39, 0.29) is 11.4 Å². The molecule has 0 atom stereocenters. The summed E-state index contributed by atoms with van der Waals surface area (Å²) in [6.45, 7) is 7.14. The molecule has 0 aliphatic heterocycles. The van der Waals surface area contributed by atoms with Crippen LogP contribution in [0.5, 0.6) is 5.75 Å². The molecule has 114 valence electrons. The van der Waals surface area contributed by atoms with Gasteiger partial charge in [0.1, 0.15) is 24.0 Å². The van der Waals surface area contributed by atoms with E-state index >= 15 is 0 Å². The van der Waals surface area contributed by atoms with Gasteiger partial charge in [0.25, 0.3) is 0 Å². The standard InChI is InChI=1S/C16H22FN3O/c1-16(2,3)19-10-12-7-13(17)9-14(8-12)21-11-15-18-5-6-20(15)4/h5-9,19H,10-11H2,1-4H3. The number of hydrogen-bond donors (Lipinski definition) is 1. The molecule has 0 aliphatic rings. The van der Waals surface area contributed by atoms with Gasteiger partial charge in [-0.1, -0.05) is 0 Å². The minimum absolute atomic E-state index is 0.0136. The Balaban J connectivity index is 2.03. The van der Waals surface area contributed by atoms with E-state index < -0.39 is 0 Å². The van der Waals surface area contributed by atoms with E-state index in [0.29, 0.717) is 18.9 Å². The maximum atomic E-state index is 13.7. The van der Waals surface area contributed by atoms with E-state index in [1.54, 1.807) is 6.20 Å². The fourth-order valence-corrected chi connectivity index (χ4v) is 1.86. The zero-order chi connectivity index (χ0) is 15.5. The molecule has 1 N–H and O–H groups in total. The number of nitrogens with zero attached hydrogens (tertiary/aromatic N) is 2. The summed E-state index contributed by atoms with van der Waals surface area (Å²) in [5.74, 6) is 1.02. The van der Waals surface area contributed by atoms with Crippen molar-refractivity contribution in [2.75, 3.05) is 0 Å². The molecule has 21 heavy (non-hydrogen) atoms. The van der Waals surface area contributed by atoms with Crippen molar-refractivity contribution < 1.29 is 9.13 Å². The van der Waals surface area contributed by atoms with Crippen LogP contribution < -0.4 is 10.1 Å². The Kier molecular flexibility index (Phi) is 4.63. The SMILES string of the molecule is Cn1ccnc1COc1cc(F)cc(CNC(C)(C)C)c1. The highest BCUT2D eigenvalue weighted by Crippen LogP contribution is 2.18. The van der Waals surface area contributed by atoms with Gasteiger partial charge in [-0.15, -0.1) is 0 Å². The number of hydrogen-bond acceptors (Lipinski definition) is 3. The van der Waals surface area contributed by atoms with Crippen LogP contribution >= 0.6 is 0 Å². The Bertz CT molecular complexity index is 602. The minimum atomic E-state index is -0.293. The highest BCUT2D eigenvalue weighted by atomic mass is 19.1. The molecule has 0 bridgehead atoms. The summed E-state index contributed by atoms with van der Waals surface area (Å²) < 4.78 is 21.2. The predicted molar refractivity (Wildman–Crippen MR) is 80.5 cm³/mol. The molecule has 5 heteroatoms. The lowest BCUT2D eigenvalue weighted by Gasteiger charge is -2.20. The number of imidazole rings is 1. The van der Waals surface area contributed by atoms with Gasteiger partial charge in [-0.05, 0) is 38.5 Å². The van der Waals surface area contributed by atoms with Crippen molar-refractivity contribution in [3.8, 4) is 5.75 Å². The van der Waals surface area contributed by atoms with Gasteiger partial charge in [0.2, 0.25) is 0 Å². The van der Waals surface area contributed by atoms with Crippen molar-refractivity contribution in [1.82, 2.24) is 14.9 Å². The first-order valence-electron chi connectivity index (χ1n) is 6.97. The molecule has 0 saturated carbocycles. The van der Waals surface area contributed by atoms with Crippen LogP contribution in [0, 0.1) is 5.82 Å². The Morgan fingerprint density at radius 1 is 1.29 bits per heavy atom. The molecule has 1 heterocycles. The van der Waals surface area contributed by atoms with Crippen LogP contribution in [0.3, 0.4) is 0 Å². The molecule has 0 amide bonds. The van der Waals surface area contributed by atoms with E-state index in [2.05, 4.69) is 31.1 Å². The summed E-state index contributed by atoms with van der Waals surface area (Å²) >= 11 is 0. The molecule has 2 aromatic rings. The van der Waals surface area contributed by atoms with E-state index in [1.165, 1.54) is 12.1 Å². The molecular formula is C16H22FN3O. The van der Waals surface area contributed by atoms with Gasteiger partial charge in [-0.2, -0.15) is 0 Å². The van der Waals surface area contributed by atoms with Gasteiger partial charge in [-0.25, -0.2) is 9.37 Å². The predicted octanol–water partition coefficient (Wildman–Crippen LogP) is 3.03. The Labute approximate surface area is 125 Å². The second kappa shape index (κ2) is 6.26. The number of rotatable bonds is 5. The molecule has 0 fully saturated rings. The van der Waals surface area contributed by atoms with Crippen molar-refractivity contribution >= 4 is 0 Å². The lowest BCUT2D eigenvalue weighted by molar-refractivity contribution is 0.290. The summed E-state index contributed by atoms with van der Waals surface area (Å²) in [4.78, 5) is 4.18. The summed E-state index contributed by atoms with van der Waals surface area (Å²) in [5, 5.41) is 3.33. The van der Waals surface area contributed by atoms with Crippen LogP contribution in [0.4, 0.5) is 4.39 Å². The van der Waals surface area contributed by atoms with Gasteiger partial charge < -0.3 is 14.6 Å². The van der Waals surface area contributed by atoms with Gasteiger partial charge >= 0.3 is 0 Å². The molecular weight excluding hydrogens is 269 g/mol. The Morgan fingerprint density at radius 3 is 2.67 bits per heavy atom. The summed E-state index contributed by atoms with van der Waals surface area (Å²) in [6, 6.07) is 4.76. The van der Waals surface area contributed by atoms with Crippen molar-refractivity contribution in [3.05, 3.63) is 47.8 Å². The van der Waals surface area contributed by atoms with Gasteiger partial charge in [0, 0.05) is 37.6 Å². The van der Waals surface area contributed by atoms with Gasteiger partial charge in [-0.3, -0.25) is 0 Å². The Hall–Kier alpha value is -1.88. The number of benzene rings is 1. The maximum Gasteiger partial charge on any atom is 0.146 e. The average Bonchev–Trinajstić information content (AvgIpc) is 2.78. The molecule has 0 aliphatic carbocycles. The van der Waals surface area contributed by atoms with Crippen molar-refractivity contribution in [3.63, 3.8) is 0 Å². The zero-order valence-electron chi connectivity index (χ0n) is 13.0. The zero-order valence-corrected chi connectivity index (χ0v) is 13.0. The molecule has 2 rings (SSSR count). The third kappa shape index (κ3) is 4.86. The van der Waals surface area contributed by atoms with Crippen LogP contribution in [0.15, 0.2) is 30.6 Å². The molecule has 4 nitrogen and oxygen atoms in total. The summed E-state index contributed by atoms with van der Waals surface area (Å²) in [5.41, 5.74) is 0.847. The third-order valence-corrected chi connectivity index (χ3v) is 3.04. The number of aryl methyl sites for hydroxylation is 1. The quantitative estimate of drug-likeness (QED) is 0.920. The maximum absolute atomic E-state index is 13.7. The number of nitrogens with one attached hydrogen (secondary N) is 1. The molecule has 1 aromatic heterocycles. The molecule has 0 spiro atoms. The topological polar surface area (TPSA) is 39.1 Å². The molecule has 0 saturated heterocycles. The first-order valence-corrected chi connectivity index (χ1v) is 6.97. The van der Waals surface area contributed by atoms with Crippen LogP contribution in [0.1, 0.15) is 32.2 Å². The van der Waals surface area contributed by atoms with Gasteiger partial charge in [0.15, 0.2) is 0 Å². The highest BCUT2D eigenvalue weighted by molar-refractivity contribution is 5.29. The number of halogens is 1. The van der Waals surface area contributed by atoms with Crippen molar-refractivity contribution in [1.29, 1.82) is 0 Å². The van der Waals surface area contributed by atoms with Crippen molar-refractivity contribution in [2.45, 2.75) is 39.5 Å². The van der Waals surface area contributed by atoms with E-state index in [1.807, 2.05) is 23.9 Å². The average molecular weight is 291 g/mol. The smallest absolute Gasteiger partial charge is 0.146 e. The van der Waals surface area contributed by atoms with Crippen LogP contribution in [0.25, 0.3) is 0 Å². The summed E-state index contributed by atoms with van der Waals surface area (Å²) in [6.07, 6.45) is 3.56. The minimum Gasteiger partial charge on any atom is -0.486 e. The van der Waals surface area contributed by atoms with Crippen LogP contribution in [-0.2, 0) is 20.2 Å². The third-order valence-electron chi connectivity index (χ3n) is 3.04. The molecule has 0 unspecified atom stereocenters. The Morgan fingerprint density at radius 2 is 2.05 bits per heavy atom. The molecule has 1 aromatic carbocycles. The van der Waals surface area contributed by atoms with E-state index in [9.17, 15) is 4.39 Å². The first-order chi connectivity index (χ1) is 9.83. The number of aromatic nitrogens is 2. The largest absolute Gasteiger partial charge is 0.486 e. The monoisotopic (exact) mass is 291 g/mol. The molecule has 0 radical (unpaired) electrons. The second-order valence-corrected chi connectivity index (χ2v) is 6.14. The fraction of sp³-hybridized carbons (Fsp3) is 0.438. The lowest BCUT2D eigenvalue weighted by atomic mass is 10.1. The fourth-order valence-electron chi connectivity index (χ4n) is 1.86. The van der Waals surface area contributed by atoms with Crippen LogP contribution in [-0.4, -0.2) is 15.1 Å².